The van der Waals surface area contributed by atoms with Gasteiger partial charge in [0.1, 0.15) is 5.82 Å². The molecule has 3 aliphatic heterocycles. The minimum atomic E-state index is -0.207. The van der Waals surface area contributed by atoms with Gasteiger partial charge in [-0.25, -0.2) is 4.39 Å². The number of benzene rings is 1. The lowest BCUT2D eigenvalue weighted by Crippen LogP contribution is -2.42. The number of aromatic nitrogens is 1. The maximum Gasteiger partial charge on any atom is 0.193 e. The normalized spacial score (nSPS) is 29.3. The molecule has 4 heterocycles. The molecule has 4 atom stereocenters. The van der Waals surface area contributed by atoms with E-state index in [1.54, 1.807) is 6.07 Å². The van der Waals surface area contributed by atoms with Gasteiger partial charge in [0.25, 0.3) is 0 Å². The Balaban J connectivity index is 0.00000180. The molecule has 2 N–H and O–H groups in total. The molecule has 1 aromatic heterocycles. The van der Waals surface area contributed by atoms with Gasteiger partial charge in [0, 0.05) is 55.6 Å². The van der Waals surface area contributed by atoms with Crippen LogP contribution < -0.4 is 5.32 Å². The number of aromatic amines is 1. The average Bonchev–Trinajstić information content (AvgIpc) is 3.39. The fraction of sp³-hybridized carbons (Fsp3) is 0.550. The van der Waals surface area contributed by atoms with Crippen LogP contribution in [-0.2, 0) is 11.2 Å². The zero-order chi connectivity index (χ0) is 17.7. The first kappa shape index (κ1) is 19.0. The molecule has 0 radical (unpaired) electrons. The molecule has 146 valence electrons. The topological polar surface area (TPSA) is 52.7 Å². The van der Waals surface area contributed by atoms with Crippen molar-refractivity contribution in [2.75, 3.05) is 26.7 Å². The summed E-state index contributed by atoms with van der Waals surface area (Å²) in [7, 11) is 1.86. The summed E-state index contributed by atoms with van der Waals surface area (Å²) in [6.45, 7) is 2.92. The molecule has 0 spiro atoms. The fourth-order valence-corrected chi connectivity index (χ4v) is 5.14. The third-order valence-electron chi connectivity index (χ3n) is 6.37. The van der Waals surface area contributed by atoms with Crippen LogP contribution in [0.4, 0.5) is 4.39 Å². The van der Waals surface area contributed by atoms with Crippen LogP contribution in [0.3, 0.4) is 0 Å². The van der Waals surface area contributed by atoms with Crippen LogP contribution in [0.15, 0.2) is 29.4 Å². The lowest BCUT2D eigenvalue weighted by atomic mass is 9.82. The smallest absolute Gasteiger partial charge is 0.193 e. The van der Waals surface area contributed by atoms with Crippen molar-refractivity contribution in [1.82, 2.24) is 15.2 Å². The summed E-state index contributed by atoms with van der Waals surface area (Å²) in [6, 6.07) is 4.92. The number of halogens is 2. The number of fused-ring (bicyclic) bond motifs is 6. The Hall–Kier alpha value is -1.35. The molecule has 5 rings (SSSR count). The molecule has 2 aromatic rings. The largest absolute Gasteiger partial charge is 0.374 e. The molecule has 3 fully saturated rings. The van der Waals surface area contributed by atoms with Crippen molar-refractivity contribution in [2.45, 2.75) is 31.5 Å². The third-order valence-corrected chi connectivity index (χ3v) is 6.37. The third kappa shape index (κ3) is 3.33. The Bertz CT molecular complexity index is 836. The molecule has 3 saturated heterocycles. The maximum absolute atomic E-state index is 13.3. The van der Waals surface area contributed by atoms with E-state index < -0.39 is 0 Å². The zero-order valence-corrected chi connectivity index (χ0v) is 17.8. The number of aliphatic imine (C=N–C) groups is 1. The van der Waals surface area contributed by atoms with Gasteiger partial charge in [-0.15, -0.1) is 24.0 Å². The molecule has 2 bridgehead atoms. The van der Waals surface area contributed by atoms with Crippen molar-refractivity contribution < 1.29 is 9.13 Å². The zero-order valence-electron chi connectivity index (χ0n) is 15.5. The van der Waals surface area contributed by atoms with E-state index in [-0.39, 0.29) is 29.8 Å². The molecule has 7 heteroatoms. The van der Waals surface area contributed by atoms with Crippen LogP contribution in [-0.4, -0.2) is 54.7 Å². The van der Waals surface area contributed by atoms with Crippen molar-refractivity contribution in [3.63, 3.8) is 0 Å². The number of H-pyrrole nitrogens is 1. The molecule has 1 aromatic carbocycles. The Kier molecular flexibility index (Phi) is 5.33. The van der Waals surface area contributed by atoms with Crippen molar-refractivity contribution in [3.05, 3.63) is 35.8 Å². The molecule has 4 unspecified atom stereocenters. The van der Waals surface area contributed by atoms with Crippen LogP contribution in [0.1, 0.15) is 18.4 Å². The Morgan fingerprint density at radius 1 is 1.30 bits per heavy atom. The van der Waals surface area contributed by atoms with Crippen molar-refractivity contribution in [1.29, 1.82) is 0 Å². The molecule has 0 aliphatic carbocycles. The highest BCUT2D eigenvalue weighted by Crippen LogP contribution is 2.47. The molecular weight excluding hydrogens is 458 g/mol. The van der Waals surface area contributed by atoms with Gasteiger partial charge in [-0.3, -0.25) is 4.99 Å². The second-order valence-corrected chi connectivity index (χ2v) is 7.75. The summed E-state index contributed by atoms with van der Waals surface area (Å²) < 4.78 is 19.4. The summed E-state index contributed by atoms with van der Waals surface area (Å²) in [4.78, 5) is 10.0. The number of hydrogen-bond donors (Lipinski definition) is 2. The van der Waals surface area contributed by atoms with Crippen LogP contribution in [0, 0.1) is 17.7 Å². The summed E-state index contributed by atoms with van der Waals surface area (Å²) in [6.07, 6.45) is 6.25. The number of hydrogen-bond acceptors (Lipinski definition) is 2. The first-order valence-corrected chi connectivity index (χ1v) is 9.59. The summed E-state index contributed by atoms with van der Waals surface area (Å²) >= 11 is 0. The van der Waals surface area contributed by atoms with E-state index in [0.717, 1.165) is 42.9 Å². The molecule has 27 heavy (non-hydrogen) atoms. The molecular formula is C20H26FIN4O. The second-order valence-electron chi connectivity index (χ2n) is 7.75. The van der Waals surface area contributed by atoms with Crippen LogP contribution in [0.5, 0.6) is 0 Å². The van der Waals surface area contributed by atoms with Gasteiger partial charge in [0.05, 0.1) is 12.2 Å². The Labute approximate surface area is 175 Å². The van der Waals surface area contributed by atoms with Crippen LogP contribution in [0.25, 0.3) is 10.9 Å². The highest BCUT2D eigenvalue weighted by atomic mass is 127. The van der Waals surface area contributed by atoms with Crippen LogP contribution in [0.2, 0.25) is 0 Å². The number of guanidine groups is 1. The minimum absolute atomic E-state index is 0. The first-order valence-electron chi connectivity index (χ1n) is 9.59. The van der Waals surface area contributed by atoms with E-state index in [1.165, 1.54) is 24.5 Å². The number of ether oxygens (including phenoxy) is 1. The quantitative estimate of drug-likeness (QED) is 0.400. The SMILES string of the molecule is CN=C(NCCc1c[nH]c2cc(F)ccc12)N1CC2C3CCC(O3)C2C1.I. The monoisotopic (exact) mass is 484 g/mol. The second kappa shape index (κ2) is 7.58. The van der Waals surface area contributed by atoms with Gasteiger partial charge in [-0.2, -0.15) is 0 Å². The number of rotatable bonds is 3. The lowest BCUT2D eigenvalue weighted by Gasteiger charge is -2.23. The predicted octanol–water partition coefficient (Wildman–Crippen LogP) is 3.15. The van der Waals surface area contributed by atoms with Crippen molar-refractivity contribution in [2.24, 2.45) is 16.8 Å². The molecule has 3 aliphatic rings. The lowest BCUT2D eigenvalue weighted by molar-refractivity contribution is 0.0767. The first-order chi connectivity index (χ1) is 12.7. The standard InChI is InChI=1S/C20H25FN4O.HI/c1-22-20(25-10-15-16(11-25)19-5-4-18(15)26-19)23-7-6-12-9-24-17-8-13(21)2-3-14(12)17;/h2-3,8-9,15-16,18-19,24H,4-7,10-11H2,1H3,(H,22,23);1H. The summed E-state index contributed by atoms with van der Waals surface area (Å²) in [5, 5.41) is 4.60. The van der Waals surface area contributed by atoms with Gasteiger partial charge in [-0.1, -0.05) is 0 Å². The number of likely N-dealkylation sites (tertiary alicyclic amines) is 1. The van der Waals surface area contributed by atoms with E-state index in [4.69, 9.17) is 4.74 Å². The molecule has 5 nitrogen and oxygen atoms in total. The molecule has 0 amide bonds. The van der Waals surface area contributed by atoms with Crippen molar-refractivity contribution >= 4 is 40.8 Å². The van der Waals surface area contributed by atoms with E-state index in [0.29, 0.717) is 24.0 Å². The summed E-state index contributed by atoms with van der Waals surface area (Å²) in [5.41, 5.74) is 2.06. The molecule has 0 saturated carbocycles. The number of nitrogens with one attached hydrogen (secondary N) is 2. The van der Waals surface area contributed by atoms with Gasteiger partial charge in [-0.05, 0) is 43.0 Å². The van der Waals surface area contributed by atoms with Gasteiger partial charge in [0.15, 0.2) is 5.96 Å². The van der Waals surface area contributed by atoms with E-state index in [1.807, 2.05) is 19.3 Å². The highest BCUT2D eigenvalue weighted by Gasteiger charge is 2.53. The van der Waals surface area contributed by atoms with Crippen molar-refractivity contribution in [3.8, 4) is 0 Å². The van der Waals surface area contributed by atoms with E-state index in [9.17, 15) is 4.39 Å². The van der Waals surface area contributed by atoms with E-state index >= 15 is 0 Å². The maximum atomic E-state index is 13.3. The number of nitrogens with zero attached hydrogens (tertiary/aromatic N) is 2. The highest BCUT2D eigenvalue weighted by molar-refractivity contribution is 14.0. The summed E-state index contributed by atoms with van der Waals surface area (Å²) in [5.74, 6) is 2.14. The van der Waals surface area contributed by atoms with Crippen LogP contribution >= 0.6 is 24.0 Å². The van der Waals surface area contributed by atoms with Gasteiger partial charge >= 0.3 is 0 Å². The minimum Gasteiger partial charge on any atom is -0.374 e. The Morgan fingerprint density at radius 3 is 2.74 bits per heavy atom. The Morgan fingerprint density at radius 2 is 2.04 bits per heavy atom. The fourth-order valence-electron chi connectivity index (χ4n) is 5.14. The van der Waals surface area contributed by atoms with Gasteiger partial charge < -0.3 is 19.9 Å². The van der Waals surface area contributed by atoms with Gasteiger partial charge in [0.2, 0.25) is 0 Å². The predicted molar refractivity (Wildman–Crippen MR) is 115 cm³/mol. The average molecular weight is 484 g/mol. The van der Waals surface area contributed by atoms with E-state index in [2.05, 4.69) is 20.2 Å².